The Morgan fingerprint density at radius 3 is 2.71 bits per heavy atom. The summed E-state index contributed by atoms with van der Waals surface area (Å²) < 4.78 is 38.2. The van der Waals surface area contributed by atoms with Crippen LogP contribution in [0.5, 0.6) is 0 Å². The molecule has 90 valence electrons. The standard InChI is InChI=1S/C9H7F3N4O/c10-9(11,12)6-3-1-2-4-7(6)16-8(5-17)13-14-15-16/h1-5,8H,(H,13,15). The van der Waals surface area contributed by atoms with Gasteiger partial charge in [-0.2, -0.15) is 13.2 Å². The van der Waals surface area contributed by atoms with Crippen LogP contribution in [-0.2, 0) is 11.0 Å². The predicted molar refractivity (Wildman–Crippen MR) is 51.8 cm³/mol. The van der Waals surface area contributed by atoms with E-state index < -0.39 is 17.9 Å². The molecule has 0 fully saturated rings. The van der Waals surface area contributed by atoms with Gasteiger partial charge < -0.3 is 0 Å². The van der Waals surface area contributed by atoms with Gasteiger partial charge in [0.2, 0.25) is 0 Å². The number of carbonyl (C=O) groups is 1. The SMILES string of the molecule is O=CC1NN=NN1c1ccccc1C(F)(F)F. The third kappa shape index (κ3) is 2.05. The number of hydrogen-bond donors (Lipinski definition) is 1. The lowest BCUT2D eigenvalue weighted by atomic mass is 10.1. The first-order chi connectivity index (χ1) is 8.04. The van der Waals surface area contributed by atoms with E-state index in [0.717, 1.165) is 11.1 Å². The van der Waals surface area contributed by atoms with Gasteiger partial charge in [-0.25, -0.2) is 5.01 Å². The van der Waals surface area contributed by atoms with Crippen LogP contribution >= 0.6 is 0 Å². The number of carbonyl (C=O) groups excluding carboxylic acids is 1. The minimum atomic E-state index is -4.51. The number of halogens is 3. The van der Waals surface area contributed by atoms with Gasteiger partial charge >= 0.3 is 6.18 Å². The third-order valence-corrected chi connectivity index (χ3v) is 2.18. The van der Waals surface area contributed by atoms with Gasteiger partial charge in [0.05, 0.1) is 11.3 Å². The van der Waals surface area contributed by atoms with E-state index in [2.05, 4.69) is 15.9 Å². The quantitative estimate of drug-likeness (QED) is 0.808. The van der Waals surface area contributed by atoms with Gasteiger partial charge in [-0.05, 0) is 17.4 Å². The zero-order chi connectivity index (χ0) is 12.5. The Balaban J connectivity index is 2.45. The summed E-state index contributed by atoms with van der Waals surface area (Å²) >= 11 is 0. The average molecular weight is 244 g/mol. The maximum atomic E-state index is 12.7. The van der Waals surface area contributed by atoms with Crippen LogP contribution < -0.4 is 10.4 Å². The van der Waals surface area contributed by atoms with E-state index in [9.17, 15) is 18.0 Å². The van der Waals surface area contributed by atoms with Crippen molar-refractivity contribution in [2.24, 2.45) is 10.4 Å². The number of para-hydroxylation sites is 1. The lowest BCUT2D eigenvalue weighted by Gasteiger charge is -2.20. The van der Waals surface area contributed by atoms with Crippen LogP contribution in [0, 0.1) is 0 Å². The van der Waals surface area contributed by atoms with Crippen molar-refractivity contribution >= 4 is 12.0 Å². The zero-order valence-electron chi connectivity index (χ0n) is 8.35. The molecule has 17 heavy (non-hydrogen) atoms. The Morgan fingerprint density at radius 1 is 1.35 bits per heavy atom. The van der Waals surface area contributed by atoms with E-state index in [1.165, 1.54) is 18.2 Å². The highest BCUT2D eigenvalue weighted by atomic mass is 19.4. The third-order valence-electron chi connectivity index (χ3n) is 2.18. The highest BCUT2D eigenvalue weighted by molar-refractivity contribution is 5.67. The molecule has 8 heteroatoms. The normalized spacial score (nSPS) is 19.2. The largest absolute Gasteiger partial charge is 0.418 e. The molecule has 0 radical (unpaired) electrons. The second kappa shape index (κ2) is 4.04. The van der Waals surface area contributed by atoms with Crippen molar-refractivity contribution in [2.45, 2.75) is 12.3 Å². The molecule has 0 saturated carbocycles. The summed E-state index contributed by atoms with van der Waals surface area (Å²) in [6, 6.07) is 4.85. The van der Waals surface area contributed by atoms with Gasteiger partial charge in [-0.3, -0.25) is 10.2 Å². The molecule has 0 bridgehead atoms. The second-order valence-corrected chi connectivity index (χ2v) is 3.26. The number of anilines is 1. The second-order valence-electron chi connectivity index (χ2n) is 3.26. The highest BCUT2D eigenvalue weighted by Crippen LogP contribution is 2.37. The fraction of sp³-hybridized carbons (Fsp3) is 0.222. The van der Waals surface area contributed by atoms with E-state index >= 15 is 0 Å². The zero-order valence-corrected chi connectivity index (χ0v) is 8.35. The fourth-order valence-corrected chi connectivity index (χ4v) is 1.44. The van der Waals surface area contributed by atoms with Crippen LogP contribution in [0.15, 0.2) is 34.7 Å². The van der Waals surface area contributed by atoms with Gasteiger partial charge in [0.1, 0.15) is 0 Å². The lowest BCUT2D eigenvalue weighted by Crippen LogP contribution is -2.37. The molecule has 1 atom stereocenters. The molecule has 1 aliphatic heterocycles. The topological polar surface area (TPSA) is 57.1 Å². The first kappa shape index (κ1) is 11.4. The van der Waals surface area contributed by atoms with Crippen LogP contribution in [0.3, 0.4) is 0 Å². The summed E-state index contributed by atoms with van der Waals surface area (Å²) in [6.07, 6.45) is -5.10. The molecule has 1 N–H and O–H groups in total. The summed E-state index contributed by atoms with van der Waals surface area (Å²) in [5, 5.41) is 7.65. The molecule has 1 aliphatic rings. The van der Waals surface area contributed by atoms with Crippen molar-refractivity contribution in [2.75, 3.05) is 5.01 Å². The van der Waals surface area contributed by atoms with E-state index in [1.54, 1.807) is 0 Å². The van der Waals surface area contributed by atoms with Crippen molar-refractivity contribution in [1.29, 1.82) is 0 Å². The molecule has 1 aromatic carbocycles. The van der Waals surface area contributed by atoms with Crippen LogP contribution in [0.25, 0.3) is 0 Å². The van der Waals surface area contributed by atoms with Crippen molar-refractivity contribution in [3.8, 4) is 0 Å². The maximum Gasteiger partial charge on any atom is 0.418 e. The molecule has 1 heterocycles. The summed E-state index contributed by atoms with van der Waals surface area (Å²) in [6.45, 7) is 0. The Morgan fingerprint density at radius 2 is 2.06 bits per heavy atom. The Bertz CT molecular complexity index is 460. The number of aldehydes is 1. The minimum Gasteiger partial charge on any atom is -0.299 e. The number of hydrogen-bond acceptors (Lipinski definition) is 5. The summed E-state index contributed by atoms with van der Waals surface area (Å²) in [5.74, 6) is 0. The van der Waals surface area contributed by atoms with Crippen LogP contribution in [-0.4, -0.2) is 12.5 Å². The van der Waals surface area contributed by atoms with Crippen molar-refractivity contribution in [3.63, 3.8) is 0 Å². The molecule has 0 amide bonds. The summed E-state index contributed by atoms with van der Waals surface area (Å²) in [5.41, 5.74) is 1.20. The van der Waals surface area contributed by atoms with Crippen LogP contribution in [0.2, 0.25) is 0 Å². The number of nitrogens with one attached hydrogen (secondary N) is 1. The molecular formula is C9H7F3N4O. The van der Waals surface area contributed by atoms with Gasteiger partial charge in [-0.15, -0.1) is 0 Å². The Labute approximate surface area is 93.9 Å². The molecular weight excluding hydrogens is 237 g/mol. The van der Waals surface area contributed by atoms with Crippen molar-refractivity contribution < 1.29 is 18.0 Å². The summed E-state index contributed by atoms with van der Waals surface area (Å²) in [4.78, 5) is 10.6. The molecule has 1 aromatic rings. The van der Waals surface area contributed by atoms with E-state index in [1.807, 2.05) is 0 Å². The Kier molecular flexibility index (Phi) is 2.70. The molecule has 0 spiro atoms. The van der Waals surface area contributed by atoms with E-state index in [-0.39, 0.29) is 5.69 Å². The molecule has 1 unspecified atom stereocenters. The molecule has 2 rings (SSSR count). The maximum absolute atomic E-state index is 12.7. The monoisotopic (exact) mass is 244 g/mol. The lowest BCUT2D eigenvalue weighted by molar-refractivity contribution is -0.137. The van der Waals surface area contributed by atoms with Gasteiger partial charge in [0, 0.05) is 0 Å². The van der Waals surface area contributed by atoms with Crippen molar-refractivity contribution in [1.82, 2.24) is 5.43 Å². The predicted octanol–water partition coefficient (Wildman–Crippen LogP) is 1.92. The highest BCUT2D eigenvalue weighted by Gasteiger charge is 2.37. The molecule has 0 aromatic heterocycles. The van der Waals surface area contributed by atoms with Crippen molar-refractivity contribution in [3.05, 3.63) is 29.8 Å². The van der Waals surface area contributed by atoms with E-state index in [0.29, 0.717) is 6.29 Å². The Hall–Kier alpha value is -2.12. The molecule has 0 aliphatic carbocycles. The number of benzene rings is 1. The van der Waals surface area contributed by atoms with Gasteiger partial charge in [0.25, 0.3) is 0 Å². The number of alkyl halides is 3. The fourth-order valence-electron chi connectivity index (χ4n) is 1.44. The summed E-state index contributed by atoms with van der Waals surface area (Å²) in [7, 11) is 0. The number of rotatable bonds is 2. The van der Waals surface area contributed by atoms with Crippen LogP contribution in [0.1, 0.15) is 5.56 Å². The van der Waals surface area contributed by atoms with E-state index in [4.69, 9.17) is 0 Å². The minimum absolute atomic E-state index is 0.217. The molecule has 0 saturated heterocycles. The van der Waals surface area contributed by atoms with Gasteiger partial charge in [0.15, 0.2) is 12.5 Å². The average Bonchev–Trinajstić information content (AvgIpc) is 2.75. The smallest absolute Gasteiger partial charge is 0.299 e. The first-order valence-corrected chi connectivity index (χ1v) is 4.61. The number of nitrogens with zero attached hydrogens (tertiary/aromatic N) is 3. The first-order valence-electron chi connectivity index (χ1n) is 4.61. The van der Waals surface area contributed by atoms with Gasteiger partial charge in [-0.1, -0.05) is 17.4 Å². The van der Waals surface area contributed by atoms with Crippen LogP contribution in [0.4, 0.5) is 18.9 Å². The molecule has 5 nitrogen and oxygen atoms in total.